The molecule has 124 valence electrons. The van der Waals surface area contributed by atoms with Crippen molar-refractivity contribution in [3.05, 3.63) is 29.3 Å². The molecule has 1 aromatic carbocycles. The molecule has 0 spiro atoms. The maximum absolute atomic E-state index is 12.3. The number of carbonyl (C=O) groups is 1. The molecule has 4 rings (SSSR count). The number of hydrogen-bond acceptors (Lipinski definition) is 3. The molecule has 0 saturated heterocycles. The maximum atomic E-state index is 12.3. The first-order valence-electron chi connectivity index (χ1n) is 8.56. The molecule has 0 amide bonds. The molecule has 5 heteroatoms. The van der Waals surface area contributed by atoms with Gasteiger partial charge >= 0.3 is 8.25 Å². The van der Waals surface area contributed by atoms with Crippen LogP contribution in [0.1, 0.15) is 56.1 Å². The van der Waals surface area contributed by atoms with Gasteiger partial charge in [-0.15, -0.1) is 0 Å². The highest BCUT2D eigenvalue weighted by atomic mass is 31.1. The third-order valence-corrected chi connectivity index (χ3v) is 7.02. The Morgan fingerprint density at radius 1 is 1.26 bits per heavy atom. The van der Waals surface area contributed by atoms with Crippen molar-refractivity contribution in [3.63, 3.8) is 0 Å². The summed E-state index contributed by atoms with van der Waals surface area (Å²) < 4.78 is 15.9. The Kier molecular flexibility index (Phi) is 3.66. The Balaban J connectivity index is 1.65. The van der Waals surface area contributed by atoms with Crippen LogP contribution in [0.15, 0.2) is 18.2 Å². The van der Waals surface area contributed by atoms with Crippen molar-refractivity contribution in [2.75, 3.05) is 0 Å². The second-order valence-corrected chi connectivity index (χ2v) is 8.30. The molecular weight excluding hydrogens is 311 g/mol. The lowest BCUT2D eigenvalue weighted by atomic mass is 9.55. The van der Waals surface area contributed by atoms with Crippen molar-refractivity contribution in [1.29, 1.82) is 0 Å². The number of benzene rings is 1. The van der Waals surface area contributed by atoms with Crippen LogP contribution < -0.4 is 4.52 Å². The van der Waals surface area contributed by atoms with Crippen LogP contribution in [0.25, 0.3) is 0 Å². The largest absolute Gasteiger partial charge is 0.426 e. The summed E-state index contributed by atoms with van der Waals surface area (Å²) in [6.07, 6.45) is 5.98. The normalized spacial score (nSPS) is 36.8. The highest BCUT2D eigenvalue weighted by Crippen LogP contribution is 2.59. The molecule has 0 aromatic heterocycles. The smallest absolute Gasteiger partial charge is 0.365 e. The molecule has 1 aromatic rings. The van der Waals surface area contributed by atoms with Crippen LogP contribution in [0, 0.1) is 17.3 Å². The van der Waals surface area contributed by atoms with Crippen molar-refractivity contribution in [1.82, 2.24) is 0 Å². The number of rotatable bonds is 2. The van der Waals surface area contributed by atoms with Gasteiger partial charge in [0.25, 0.3) is 0 Å². The number of ketones is 1. The summed E-state index contributed by atoms with van der Waals surface area (Å²) in [5, 5.41) is 0. The predicted molar refractivity (Wildman–Crippen MR) is 87.9 cm³/mol. The Hall–Kier alpha value is -1.12. The zero-order valence-corrected chi connectivity index (χ0v) is 14.4. The van der Waals surface area contributed by atoms with Crippen LogP contribution in [0.3, 0.4) is 0 Å². The fourth-order valence-corrected chi connectivity index (χ4v) is 5.82. The van der Waals surface area contributed by atoms with Gasteiger partial charge in [-0.25, -0.2) is 4.57 Å². The highest BCUT2D eigenvalue weighted by Gasteiger charge is 2.54. The third kappa shape index (κ3) is 2.38. The summed E-state index contributed by atoms with van der Waals surface area (Å²) in [4.78, 5) is 21.3. The molecule has 23 heavy (non-hydrogen) atoms. The van der Waals surface area contributed by atoms with E-state index in [1.807, 2.05) is 12.1 Å². The summed E-state index contributed by atoms with van der Waals surface area (Å²) in [7, 11) is -2.95. The van der Waals surface area contributed by atoms with Gasteiger partial charge in [-0.3, -0.25) is 4.79 Å². The minimum Gasteiger partial charge on any atom is -0.426 e. The van der Waals surface area contributed by atoms with Crippen molar-refractivity contribution in [2.45, 2.75) is 51.4 Å². The molecule has 0 bridgehead atoms. The molecule has 1 N–H and O–H groups in total. The van der Waals surface area contributed by atoms with E-state index in [0.717, 1.165) is 38.5 Å². The molecule has 0 heterocycles. The molecule has 4 nitrogen and oxygen atoms in total. The summed E-state index contributed by atoms with van der Waals surface area (Å²) >= 11 is 0. The molecular formula is C18H23O4P. The van der Waals surface area contributed by atoms with Crippen LogP contribution in [-0.2, 0) is 15.8 Å². The molecule has 5 atom stereocenters. The van der Waals surface area contributed by atoms with E-state index in [2.05, 4.69) is 13.0 Å². The SMILES string of the molecule is C[C@]12CC[C@@H]3c4ccc(O[PH](=O)O)cc4CC[C@H]3[C@@H]1CCC2=O. The Bertz CT molecular complexity index is 686. The van der Waals surface area contributed by atoms with Crippen molar-refractivity contribution >= 4 is 14.0 Å². The Morgan fingerprint density at radius 3 is 2.87 bits per heavy atom. The minimum absolute atomic E-state index is 0.0848. The molecule has 0 radical (unpaired) electrons. The first kappa shape index (κ1) is 15.4. The van der Waals surface area contributed by atoms with Gasteiger partial charge in [0.05, 0.1) is 0 Å². The van der Waals surface area contributed by atoms with Gasteiger partial charge in [-0.2, -0.15) is 0 Å². The van der Waals surface area contributed by atoms with E-state index < -0.39 is 8.25 Å². The van der Waals surface area contributed by atoms with E-state index in [-0.39, 0.29) is 5.41 Å². The highest BCUT2D eigenvalue weighted by molar-refractivity contribution is 7.32. The minimum atomic E-state index is -2.95. The molecule has 1 unspecified atom stereocenters. The summed E-state index contributed by atoms with van der Waals surface area (Å²) in [5.74, 6) is 2.64. The lowest BCUT2D eigenvalue weighted by molar-refractivity contribution is -0.129. The van der Waals surface area contributed by atoms with Gasteiger partial charge in [0.2, 0.25) is 0 Å². The van der Waals surface area contributed by atoms with Gasteiger partial charge in [0.15, 0.2) is 0 Å². The van der Waals surface area contributed by atoms with Gasteiger partial charge < -0.3 is 9.42 Å². The molecule has 3 aliphatic rings. The summed E-state index contributed by atoms with van der Waals surface area (Å²) in [5.41, 5.74) is 2.53. The van der Waals surface area contributed by atoms with Crippen LogP contribution in [0.2, 0.25) is 0 Å². The lowest BCUT2D eigenvalue weighted by Gasteiger charge is -2.48. The average molecular weight is 334 g/mol. The average Bonchev–Trinajstić information content (AvgIpc) is 2.82. The maximum Gasteiger partial charge on any atom is 0.365 e. The van der Waals surface area contributed by atoms with Crippen LogP contribution in [0.4, 0.5) is 0 Å². The topological polar surface area (TPSA) is 63.6 Å². The van der Waals surface area contributed by atoms with Crippen molar-refractivity contribution in [3.8, 4) is 5.75 Å². The van der Waals surface area contributed by atoms with E-state index in [4.69, 9.17) is 9.42 Å². The number of Topliss-reactive ketones (excluding diaryl/α,β-unsaturated/α-hetero) is 1. The van der Waals surface area contributed by atoms with Gasteiger partial charge in [0, 0.05) is 11.8 Å². The van der Waals surface area contributed by atoms with E-state index in [1.165, 1.54) is 11.1 Å². The first-order valence-corrected chi connectivity index (χ1v) is 9.82. The lowest BCUT2D eigenvalue weighted by Crippen LogP contribution is -2.42. The monoisotopic (exact) mass is 334 g/mol. The number of fused-ring (bicyclic) bond motifs is 5. The van der Waals surface area contributed by atoms with E-state index in [0.29, 0.717) is 29.3 Å². The van der Waals surface area contributed by atoms with Gasteiger partial charge in [-0.05, 0) is 73.1 Å². The summed E-state index contributed by atoms with van der Waals surface area (Å²) in [6.45, 7) is 2.19. The fourth-order valence-electron chi connectivity index (χ4n) is 5.49. The fraction of sp³-hybridized carbons (Fsp3) is 0.611. The second-order valence-electron chi connectivity index (χ2n) is 7.56. The van der Waals surface area contributed by atoms with Gasteiger partial charge in [-0.1, -0.05) is 13.0 Å². The second kappa shape index (κ2) is 5.46. The Labute approximate surface area is 137 Å². The van der Waals surface area contributed by atoms with Crippen LogP contribution in [0.5, 0.6) is 5.75 Å². The van der Waals surface area contributed by atoms with Gasteiger partial charge in [0.1, 0.15) is 11.5 Å². The third-order valence-electron chi connectivity index (χ3n) is 6.61. The molecule has 3 aliphatic carbocycles. The van der Waals surface area contributed by atoms with E-state index in [9.17, 15) is 9.36 Å². The Morgan fingerprint density at radius 2 is 2.09 bits per heavy atom. The van der Waals surface area contributed by atoms with Crippen LogP contribution in [-0.4, -0.2) is 10.7 Å². The predicted octanol–water partition coefficient (Wildman–Crippen LogP) is 3.87. The quantitative estimate of drug-likeness (QED) is 0.834. The van der Waals surface area contributed by atoms with Crippen molar-refractivity contribution < 1.29 is 18.8 Å². The number of carbonyl (C=O) groups excluding carboxylic acids is 1. The first-order chi connectivity index (χ1) is 11.0. The van der Waals surface area contributed by atoms with E-state index >= 15 is 0 Å². The van der Waals surface area contributed by atoms with Crippen LogP contribution >= 0.6 is 8.25 Å². The number of hydrogen-bond donors (Lipinski definition) is 1. The standard InChI is InChI=1S/C18H23O4P/c1-18-9-8-14-13-5-3-12(22-23(20)21)10-11(13)2-4-15(14)16(18)6-7-17(18)19/h3,5,10,14-16,23H,2,4,6-9H2,1H3,(H,20,21)/t14-,15-,16+,18+/m1/s1. The van der Waals surface area contributed by atoms with E-state index in [1.54, 1.807) is 0 Å². The molecule has 0 aliphatic heterocycles. The van der Waals surface area contributed by atoms with Crippen molar-refractivity contribution in [2.24, 2.45) is 17.3 Å². The molecule has 2 saturated carbocycles. The molecule has 2 fully saturated rings. The summed E-state index contributed by atoms with van der Waals surface area (Å²) in [6, 6.07) is 5.82. The zero-order chi connectivity index (χ0) is 16.2. The zero-order valence-electron chi connectivity index (χ0n) is 13.4. The number of aryl methyl sites for hydroxylation is 1.